The zero-order chi connectivity index (χ0) is 50.4. The van der Waals surface area contributed by atoms with Crippen LogP contribution in [0.3, 0.4) is 0 Å². The van der Waals surface area contributed by atoms with Gasteiger partial charge in [-0.05, 0) is 193 Å². The van der Waals surface area contributed by atoms with Crippen molar-refractivity contribution in [1.29, 1.82) is 0 Å². The van der Waals surface area contributed by atoms with Crippen molar-refractivity contribution in [3.05, 3.63) is 304 Å². The van der Waals surface area contributed by atoms with Crippen LogP contribution in [-0.4, -0.2) is 0 Å². The standard InChI is InChI=1S/C75H61N/c1-72(2)70-44-54(73-46-49-39-50(47-73)41-51(40-49)48-73)35-37-64(70)65-38-36-59(45-71(65)72)76(57-25-17-23-55(42-57)74(52-19-5-3-6-20-52)66-31-13-9-27-60(66)61-28-10-14-32-67(61)74)58-26-18-24-56(43-58)75(53-21-7-4-8-22-53)68-33-15-11-29-62(68)63-30-12-16-34-69(63)75/h3-38,42-45,49-51H,39-41,46-48H2,1-2H3. The van der Waals surface area contributed by atoms with E-state index in [9.17, 15) is 0 Å². The summed E-state index contributed by atoms with van der Waals surface area (Å²) in [5.41, 5.74) is 25.3. The first-order valence-corrected chi connectivity index (χ1v) is 28.2. The molecule has 0 heterocycles. The average molecular weight is 976 g/mol. The van der Waals surface area contributed by atoms with Crippen LogP contribution < -0.4 is 4.90 Å². The van der Waals surface area contributed by atoms with Gasteiger partial charge in [0.25, 0.3) is 0 Å². The van der Waals surface area contributed by atoms with E-state index in [1.165, 1.54) is 128 Å². The van der Waals surface area contributed by atoms with Crippen LogP contribution in [0, 0.1) is 17.8 Å². The molecule has 76 heavy (non-hydrogen) atoms. The molecule has 4 fully saturated rings. The maximum atomic E-state index is 2.69. The lowest BCUT2D eigenvalue weighted by atomic mass is 9.48. The van der Waals surface area contributed by atoms with Gasteiger partial charge in [0, 0.05) is 22.5 Å². The molecule has 0 N–H and O–H groups in total. The van der Waals surface area contributed by atoms with Crippen LogP contribution >= 0.6 is 0 Å². The van der Waals surface area contributed by atoms with Gasteiger partial charge >= 0.3 is 0 Å². The number of rotatable bonds is 8. The zero-order valence-electron chi connectivity index (χ0n) is 43.5. The summed E-state index contributed by atoms with van der Waals surface area (Å²) in [4.78, 5) is 2.57. The van der Waals surface area contributed by atoms with Crippen LogP contribution in [0.5, 0.6) is 0 Å². The monoisotopic (exact) mass is 975 g/mol. The van der Waals surface area contributed by atoms with Crippen molar-refractivity contribution in [2.75, 3.05) is 4.90 Å². The Morgan fingerprint density at radius 2 is 0.645 bits per heavy atom. The van der Waals surface area contributed by atoms with Crippen LogP contribution in [0.15, 0.2) is 243 Å². The highest BCUT2D eigenvalue weighted by atomic mass is 15.1. The number of anilines is 3. The van der Waals surface area contributed by atoms with E-state index >= 15 is 0 Å². The molecule has 10 aromatic rings. The van der Waals surface area contributed by atoms with Crippen LogP contribution in [0.2, 0.25) is 0 Å². The molecule has 4 saturated carbocycles. The Kier molecular flexibility index (Phi) is 9.48. The van der Waals surface area contributed by atoms with E-state index in [-0.39, 0.29) is 5.41 Å². The van der Waals surface area contributed by atoms with E-state index in [4.69, 9.17) is 0 Å². The summed E-state index contributed by atoms with van der Waals surface area (Å²) in [7, 11) is 0. The highest BCUT2D eigenvalue weighted by Gasteiger charge is 2.53. The fourth-order valence-corrected chi connectivity index (χ4v) is 17.3. The van der Waals surface area contributed by atoms with E-state index in [0.29, 0.717) is 5.41 Å². The predicted molar refractivity (Wildman–Crippen MR) is 313 cm³/mol. The van der Waals surface area contributed by atoms with Crippen LogP contribution in [-0.2, 0) is 21.7 Å². The second-order valence-electron chi connectivity index (χ2n) is 24.2. The van der Waals surface area contributed by atoms with Crippen molar-refractivity contribution in [2.24, 2.45) is 17.8 Å². The normalized spacial score (nSPS) is 21.7. The molecule has 17 rings (SSSR count). The molecule has 7 aliphatic rings. The molecule has 0 saturated heterocycles. The van der Waals surface area contributed by atoms with Gasteiger partial charge in [-0.2, -0.15) is 0 Å². The molecule has 0 aromatic heterocycles. The minimum Gasteiger partial charge on any atom is -0.310 e. The van der Waals surface area contributed by atoms with Gasteiger partial charge in [-0.15, -0.1) is 0 Å². The number of fused-ring (bicyclic) bond motifs is 9. The molecule has 0 aliphatic heterocycles. The SMILES string of the molecule is CC1(C)c2cc(N(c3cccc(C4(c5ccccc5)c5ccccc5-c5ccccc54)c3)c3cccc(C4(c5ccccc5)c5ccccc5-c5ccccc54)c3)ccc2-c2ccc(C34CC5CC(CC(C5)C3)C4)cc21. The smallest absolute Gasteiger partial charge is 0.0714 e. The summed E-state index contributed by atoms with van der Waals surface area (Å²) < 4.78 is 0. The minimum atomic E-state index is -0.539. The first-order valence-electron chi connectivity index (χ1n) is 28.2. The van der Waals surface area contributed by atoms with Gasteiger partial charge in [0.1, 0.15) is 0 Å². The van der Waals surface area contributed by atoms with Crippen LogP contribution in [0.25, 0.3) is 33.4 Å². The molecule has 366 valence electrons. The topological polar surface area (TPSA) is 3.24 Å². The molecule has 0 spiro atoms. The van der Waals surface area contributed by atoms with Gasteiger partial charge in [-0.3, -0.25) is 0 Å². The fraction of sp³-hybridized carbons (Fsp3) is 0.200. The van der Waals surface area contributed by atoms with E-state index in [0.717, 1.165) is 34.8 Å². The second-order valence-corrected chi connectivity index (χ2v) is 24.2. The Morgan fingerprint density at radius 1 is 0.289 bits per heavy atom. The van der Waals surface area contributed by atoms with E-state index in [2.05, 4.69) is 261 Å². The van der Waals surface area contributed by atoms with Crippen molar-refractivity contribution < 1.29 is 0 Å². The van der Waals surface area contributed by atoms with Crippen molar-refractivity contribution >= 4 is 17.1 Å². The Bertz CT molecular complexity index is 3660. The summed E-state index contributed by atoms with van der Waals surface area (Å²) in [6.45, 7) is 4.99. The van der Waals surface area contributed by atoms with E-state index in [1.54, 1.807) is 5.56 Å². The van der Waals surface area contributed by atoms with Crippen LogP contribution in [0.4, 0.5) is 17.1 Å². The summed E-state index contributed by atoms with van der Waals surface area (Å²) in [5.74, 6) is 2.74. The van der Waals surface area contributed by atoms with Gasteiger partial charge in [0.2, 0.25) is 0 Å². The summed E-state index contributed by atoms with van der Waals surface area (Å²) in [6.07, 6.45) is 8.55. The maximum absolute atomic E-state index is 2.69. The molecule has 0 unspecified atom stereocenters. The lowest BCUT2D eigenvalue weighted by Gasteiger charge is -2.57. The molecule has 0 amide bonds. The number of nitrogens with zero attached hydrogens (tertiary/aromatic N) is 1. The molecule has 1 nitrogen and oxygen atoms in total. The van der Waals surface area contributed by atoms with Gasteiger partial charge in [-0.25, -0.2) is 0 Å². The number of benzene rings is 10. The lowest BCUT2D eigenvalue weighted by molar-refractivity contribution is -0.00522. The molecule has 10 aromatic carbocycles. The van der Waals surface area contributed by atoms with E-state index < -0.39 is 10.8 Å². The molecule has 1 heteroatoms. The van der Waals surface area contributed by atoms with Gasteiger partial charge in [0.15, 0.2) is 0 Å². The van der Waals surface area contributed by atoms with Gasteiger partial charge in [0.05, 0.1) is 10.8 Å². The van der Waals surface area contributed by atoms with Gasteiger partial charge < -0.3 is 4.90 Å². The Balaban J connectivity index is 0.911. The van der Waals surface area contributed by atoms with Gasteiger partial charge in [-0.1, -0.05) is 220 Å². The number of hydrogen-bond acceptors (Lipinski definition) is 1. The predicted octanol–water partition coefficient (Wildman–Crippen LogP) is 18.7. The molecule has 4 bridgehead atoms. The number of hydrogen-bond donors (Lipinski definition) is 0. The third-order valence-corrected chi connectivity index (χ3v) is 20.0. The van der Waals surface area contributed by atoms with Crippen molar-refractivity contribution in [2.45, 2.75) is 74.0 Å². The average Bonchev–Trinajstić information content (AvgIpc) is 4.05. The summed E-state index contributed by atoms with van der Waals surface area (Å²) in [6, 6.07) is 93.2. The third-order valence-electron chi connectivity index (χ3n) is 20.0. The molecule has 0 atom stereocenters. The lowest BCUT2D eigenvalue weighted by Crippen LogP contribution is -2.48. The Morgan fingerprint density at radius 3 is 1.09 bits per heavy atom. The largest absolute Gasteiger partial charge is 0.310 e. The van der Waals surface area contributed by atoms with Crippen molar-refractivity contribution in [1.82, 2.24) is 0 Å². The summed E-state index contributed by atoms with van der Waals surface area (Å²) >= 11 is 0. The third kappa shape index (κ3) is 6.03. The van der Waals surface area contributed by atoms with Crippen molar-refractivity contribution in [3.63, 3.8) is 0 Å². The molecular weight excluding hydrogens is 915 g/mol. The first-order chi connectivity index (χ1) is 37.3. The Hall–Kier alpha value is -8.00. The highest BCUT2D eigenvalue weighted by molar-refractivity contribution is 5.91. The Labute approximate surface area is 448 Å². The molecule has 7 aliphatic carbocycles. The molecule has 0 radical (unpaired) electrons. The fourth-order valence-electron chi connectivity index (χ4n) is 17.3. The van der Waals surface area contributed by atoms with Crippen LogP contribution in [0.1, 0.15) is 114 Å². The van der Waals surface area contributed by atoms with E-state index in [1.807, 2.05) is 0 Å². The second kappa shape index (κ2) is 16.3. The maximum Gasteiger partial charge on any atom is 0.0714 e. The zero-order valence-corrected chi connectivity index (χ0v) is 43.5. The minimum absolute atomic E-state index is 0.183. The quantitative estimate of drug-likeness (QED) is 0.147. The van der Waals surface area contributed by atoms with Crippen molar-refractivity contribution in [3.8, 4) is 33.4 Å². The summed E-state index contributed by atoms with van der Waals surface area (Å²) in [5, 5.41) is 0. The first kappa shape index (κ1) is 44.3. The highest BCUT2D eigenvalue weighted by Crippen LogP contribution is 2.63. The molecular formula is C75H61N.